The summed E-state index contributed by atoms with van der Waals surface area (Å²) in [5.41, 5.74) is 1.28. The summed E-state index contributed by atoms with van der Waals surface area (Å²) >= 11 is 0. The van der Waals surface area contributed by atoms with E-state index in [1.54, 1.807) is 0 Å². The third-order valence-electron chi connectivity index (χ3n) is 2.63. The van der Waals surface area contributed by atoms with Crippen molar-refractivity contribution < 1.29 is 0 Å². The molecule has 0 spiro atoms. The first-order valence-electron chi connectivity index (χ1n) is 5.20. The van der Waals surface area contributed by atoms with Gasteiger partial charge in [0.15, 0.2) is 0 Å². The van der Waals surface area contributed by atoms with Crippen molar-refractivity contribution in [2.45, 2.75) is 39.8 Å². The van der Waals surface area contributed by atoms with Crippen molar-refractivity contribution in [3.05, 3.63) is 12.3 Å². The Balaban J connectivity index is 2.55. The summed E-state index contributed by atoms with van der Waals surface area (Å²) in [7, 11) is 0. The monoisotopic (exact) mass is 182 g/mol. The minimum atomic E-state index is 0.567. The molecule has 0 aromatic heterocycles. The van der Waals surface area contributed by atoms with Crippen LogP contribution in [0, 0.1) is 5.92 Å². The molecule has 2 unspecified atom stereocenters. The quantitative estimate of drug-likeness (QED) is 0.701. The number of hydrogen-bond acceptors (Lipinski definition) is 2. The van der Waals surface area contributed by atoms with Crippen LogP contribution in [0.15, 0.2) is 12.3 Å². The molecule has 2 heteroatoms. The van der Waals surface area contributed by atoms with Crippen molar-refractivity contribution in [3.63, 3.8) is 0 Å². The average Bonchev–Trinajstić information content (AvgIpc) is 2.01. The molecule has 1 saturated heterocycles. The van der Waals surface area contributed by atoms with Crippen LogP contribution in [0.5, 0.6) is 0 Å². The Labute approximate surface area is 82.0 Å². The molecule has 1 rings (SSSR count). The fourth-order valence-corrected chi connectivity index (χ4v) is 1.93. The van der Waals surface area contributed by atoms with Crippen LogP contribution in [-0.2, 0) is 0 Å². The van der Waals surface area contributed by atoms with E-state index < -0.39 is 0 Å². The second kappa shape index (κ2) is 4.14. The summed E-state index contributed by atoms with van der Waals surface area (Å²) in [6, 6.07) is 1.17. The summed E-state index contributed by atoms with van der Waals surface area (Å²) in [6.07, 6.45) is 0. The van der Waals surface area contributed by atoms with Gasteiger partial charge in [0.05, 0.1) is 0 Å². The van der Waals surface area contributed by atoms with Gasteiger partial charge >= 0.3 is 0 Å². The van der Waals surface area contributed by atoms with Crippen LogP contribution in [0.2, 0.25) is 0 Å². The molecule has 0 saturated carbocycles. The molecule has 0 aliphatic carbocycles. The van der Waals surface area contributed by atoms with E-state index in [0.29, 0.717) is 18.0 Å². The van der Waals surface area contributed by atoms with Gasteiger partial charge in [-0.25, -0.2) is 0 Å². The molecule has 1 fully saturated rings. The molecular weight excluding hydrogens is 160 g/mol. The molecule has 2 atom stereocenters. The lowest BCUT2D eigenvalue weighted by Crippen LogP contribution is -2.53. The van der Waals surface area contributed by atoms with Gasteiger partial charge in [0.1, 0.15) is 0 Å². The second-order valence-electron chi connectivity index (χ2n) is 4.52. The van der Waals surface area contributed by atoms with Crippen molar-refractivity contribution in [3.8, 4) is 0 Å². The lowest BCUT2D eigenvalue weighted by Gasteiger charge is -2.39. The Hall–Kier alpha value is -0.500. The standard InChI is InChI=1S/C11H22N2/c1-8(2)11(5)13-6-9(3)12-10(4)7-13/h8-10,12H,5-7H2,1-4H3. The summed E-state index contributed by atoms with van der Waals surface area (Å²) in [4.78, 5) is 2.41. The number of piperazine rings is 1. The first-order valence-corrected chi connectivity index (χ1v) is 5.20. The second-order valence-corrected chi connectivity index (χ2v) is 4.52. The van der Waals surface area contributed by atoms with Gasteiger partial charge in [-0.1, -0.05) is 20.4 Å². The maximum absolute atomic E-state index is 4.14. The highest BCUT2D eigenvalue weighted by molar-refractivity contribution is 5.01. The molecule has 0 aromatic rings. The minimum absolute atomic E-state index is 0.567. The van der Waals surface area contributed by atoms with Gasteiger partial charge in [-0.05, 0) is 19.8 Å². The molecule has 0 radical (unpaired) electrons. The third-order valence-corrected chi connectivity index (χ3v) is 2.63. The molecule has 1 aliphatic rings. The molecule has 1 N–H and O–H groups in total. The summed E-state index contributed by atoms with van der Waals surface area (Å²) < 4.78 is 0. The first kappa shape index (κ1) is 10.6. The molecule has 76 valence electrons. The lowest BCUT2D eigenvalue weighted by molar-refractivity contribution is 0.201. The van der Waals surface area contributed by atoms with E-state index in [1.807, 2.05) is 0 Å². The van der Waals surface area contributed by atoms with Crippen molar-refractivity contribution >= 4 is 0 Å². The zero-order chi connectivity index (χ0) is 10.0. The molecule has 2 nitrogen and oxygen atoms in total. The number of nitrogens with zero attached hydrogens (tertiary/aromatic N) is 1. The van der Waals surface area contributed by atoms with Gasteiger partial charge in [0.25, 0.3) is 0 Å². The number of hydrogen-bond donors (Lipinski definition) is 1. The minimum Gasteiger partial charge on any atom is -0.372 e. The molecule has 1 heterocycles. The SMILES string of the molecule is C=C(C(C)C)N1CC(C)NC(C)C1. The largest absolute Gasteiger partial charge is 0.372 e. The van der Waals surface area contributed by atoms with Crippen LogP contribution in [0.4, 0.5) is 0 Å². The highest BCUT2D eigenvalue weighted by atomic mass is 15.2. The predicted molar refractivity (Wildman–Crippen MR) is 57.6 cm³/mol. The van der Waals surface area contributed by atoms with E-state index in [1.165, 1.54) is 5.70 Å². The fraction of sp³-hybridized carbons (Fsp3) is 0.818. The van der Waals surface area contributed by atoms with Gasteiger partial charge < -0.3 is 10.2 Å². The lowest BCUT2D eigenvalue weighted by atomic mass is 10.1. The Morgan fingerprint density at radius 1 is 1.31 bits per heavy atom. The molecule has 0 aromatic carbocycles. The smallest absolute Gasteiger partial charge is 0.0327 e. The van der Waals surface area contributed by atoms with Crippen LogP contribution in [0.25, 0.3) is 0 Å². The Bertz CT molecular complexity index is 177. The molecule has 13 heavy (non-hydrogen) atoms. The Kier molecular flexibility index (Phi) is 3.37. The highest BCUT2D eigenvalue weighted by Crippen LogP contribution is 2.16. The van der Waals surface area contributed by atoms with E-state index in [4.69, 9.17) is 0 Å². The molecule has 1 aliphatic heterocycles. The maximum atomic E-state index is 4.14. The van der Waals surface area contributed by atoms with Crippen molar-refractivity contribution in [2.24, 2.45) is 5.92 Å². The van der Waals surface area contributed by atoms with E-state index >= 15 is 0 Å². The third kappa shape index (κ3) is 2.73. The van der Waals surface area contributed by atoms with E-state index in [0.717, 1.165) is 13.1 Å². The van der Waals surface area contributed by atoms with Crippen molar-refractivity contribution in [1.82, 2.24) is 10.2 Å². The zero-order valence-electron chi connectivity index (χ0n) is 9.30. The van der Waals surface area contributed by atoms with E-state index in [2.05, 4.69) is 44.5 Å². The Morgan fingerprint density at radius 2 is 1.77 bits per heavy atom. The van der Waals surface area contributed by atoms with E-state index in [9.17, 15) is 0 Å². The molecular formula is C11H22N2. The Morgan fingerprint density at radius 3 is 2.15 bits per heavy atom. The summed E-state index contributed by atoms with van der Waals surface area (Å²) in [5.74, 6) is 0.567. The predicted octanol–water partition coefficient (Wildman–Crippen LogP) is 1.84. The summed E-state index contributed by atoms with van der Waals surface area (Å²) in [5, 5.41) is 3.52. The van der Waals surface area contributed by atoms with Crippen molar-refractivity contribution in [2.75, 3.05) is 13.1 Å². The number of rotatable bonds is 2. The normalized spacial score (nSPS) is 29.5. The molecule has 0 amide bonds. The average molecular weight is 182 g/mol. The van der Waals surface area contributed by atoms with Crippen LogP contribution in [-0.4, -0.2) is 30.1 Å². The van der Waals surface area contributed by atoms with Gasteiger partial charge in [0, 0.05) is 30.9 Å². The van der Waals surface area contributed by atoms with Gasteiger partial charge in [-0.2, -0.15) is 0 Å². The number of allylic oxidation sites excluding steroid dienone is 1. The number of nitrogens with one attached hydrogen (secondary N) is 1. The maximum Gasteiger partial charge on any atom is 0.0327 e. The van der Waals surface area contributed by atoms with E-state index in [-0.39, 0.29) is 0 Å². The van der Waals surface area contributed by atoms with Crippen LogP contribution in [0.1, 0.15) is 27.7 Å². The summed E-state index contributed by atoms with van der Waals surface area (Å²) in [6.45, 7) is 15.2. The van der Waals surface area contributed by atoms with Crippen LogP contribution < -0.4 is 5.32 Å². The zero-order valence-corrected chi connectivity index (χ0v) is 9.30. The van der Waals surface area contributed by atoms with Gasteiger partial charge in [0.2, 0.25) is 0 Å². The van der Waals surface area contributed by atoms with Gasteiger partial charge in [-0.15, -0.1) is 0 Å². The first-order chi connectivity index (χ1) is 6.00. The topological polar surface area (TPSA) is 15.3 Å². The fourth-order valence-electron chi connectivity index (χ4n) is 1.93. The highest BCUT2D eigenvalue weighted by Gasteiger charge is 2.22. The van der Waals surface area contributed by atoms with Crippen molar-refractivity contribution in [1.29, 1.82) is 0 Å². The van der Waals surface area contributed by atoms with Crippen LogP contribution >= 0.6 is 0 Å². The molecule has 0 bridgehead atoms. The van der Waals surface area contributed by atoms with Crippen LogP contribution in [0.3, 0.4) is 0 Å². The van der Waals surface area contributed by atoms with Gasteiger partial charge in [-0.3, -0.25) is 0 Å².